The summed E-state index contributed by atoms with van der Waals surface area (Å²) >= 11 is 5.79. The van der Waals surface area contributed by atoms with Crippen molar-refractivity contribution in [3.05, 3.63) is 71.8 Å². The highest BCUT2D eigenvalue weighted by atomic mass is 35.5. The van der Waals surface area contributed by atoms with Gasteiger partial charge in [0.05, 0.1) is 9.92 Å². The van der Waals surface area contributed by atoms with Crippen LogP contribution in [0.25, 0.3) is 0 Å². The second kappa shape index (κ2) is 8.78. The fourth-order valence-corrected chi connectivity index (χ4v) is 5.26. The number of rotatable bonds is 5. The monoisotopic (exact) mass is 462 g/mol. The summed E-state index contributed by atoms with van der Waals surface area (Å²) in [5, 5.41) is -0.0450. The van der Waals surface area contributed by atoms with Crippen molar-refractivity contribution in [3.8, 4) is 11.6 Å². The number of anilines is 1. The summed E-state index contributed by atoms with van der Waals surface area (Å²) in [6.07, 6.45) is 1.37. The van der Waals surface area contributed by atoms with Crippen LogP contribution < -0.4 is 9.64 Å². The van der Waals surface area contributed by atoms with E-state index >= 15 is 0 Å². The van der Waals surface area contributed by atoms with Gasteiger partial charge < -0.3 is 9.64 Å². The first kappa shape index (κ1) is 21.5. The number of aromatic nitrogens is 2. The number of ether oxygens (including phenoxy) is 1. The SMILES string of the molecule is C[C@H]1CN(c2cc(Oc3ccc(F)c(Cl)c3)ncn2)CCN1S(=O)(=O)c1ccccc1. The molecule has 4 rings (SSSR count). The third-order valence-corrected chi connectivity index (χ3v) is 7.30. The number of hydrogen-bond acceptors (Lipinski definition) is 6. The van der Waals surface area contributed by atoms with E-state index in [4.69, 9.17) is 16.3 Å². The van der Waals surface area contributed by atoms with Crippen molar-refractivity contribution < 1.29 is 17.5 Å². The van der Waals surface area contributed by atoms with Crippen LogP contribution in [-0.4, -0.2) is 48.4 Å². The largest absolute Gasteiger partial charge is 0.439 e. The highest BCUT2D eigenvalue weighted by Crippen LogP contribution is 2.28. The molecule has 2 heterocycles. The summed E-state index contributed by atoms with van der Waals surface area (Å²) in [5.41, 5.74) is 0. The maximum Gasteiger partial charge on any atom is 0.243 e. The van der Waals surface area contributed by atoms with E-state index in [0.29, 0.717) is 31.2 Å². The fraction of sp³-hybridized carbons (Fsp3) is 0.238. The van der Waals surface area contributed by atoms with Crippen LogP contribution in [-0.2, 0) is 10.0 Å². The molecule has 1 fully saturated rings. The number of piperazine rings is 1. The molecule has 2 aromatic carbocycles. The van der Waals surface area contributed by atoms with Crippen LogP contribution in [0, 0.1) is 5.82 Å². The zero-order chi connectivity index (χ0) is 22.0. The molecule has 1 aromatic heterocycles. The van der Waals surface area contributed by atoms with Crippen LogP contribution in [0.2, 0.25) is 5.02 Å². The number of hydrogen-bond donors (Lipinski definition) is 0. The predicted molar refractivity (Wildman–Crippen MR) is 116 cm³/mol. The number of nitrogens with zero attached hydrogens (tertiary/aromatic N) is 4. The van der Waals surface area contributed by atoms with Crippen molar-refractivity contribution in [3.63, 3.8) is 0 Å². The van der Waals surface area contributed by atoms with Crippen molar-refractivity contribution >= 4 is 27.4 Å². The van der Waals surface area contributed by atoms with Crippen molar-refractivity contribution in [2.75, 3.05) is 24.5 Å². The van der Waals surface area contributed by atoms with Crippen LogP contribution in [0.5, 0.6) is 11.6 Å². The Morgan fingerprint density at radius 1 is 1.10 bits per heavy atom. The Hall–Kier alpha value is -2.75. The summed E-state index contributed by atoms with van der Waals surface area (Å²) in [6, 6.07) is 13.9. The Bertz CT molecular complexity index is 1180. The molecule has 0 unspecified atom stereocenters. The Labute approximate surface area is 185 Å². The van der Waals surface area contributed by atoms with Crippen LogP contribution in [0.15, 0.2) is 65.8 Å². The number of halogens is 2. The molecule has 7 nitrogen and oxygen atoms in total. The van der Waals surface area contributed by atoms with Crippen molar-refractivity contribution in [2.45, 2.75) is 17.9 Å². The molecule has 0 aliphatic carbocycles. The van der Waals surface area contributed by atoms with Gasteiger partial charge in [0.15, 0.2) is 0 Å². The first-order chi connectivity index (χ1) is 14.8. The van der Waals surface area contributed by atoms with Crippen molar-refractivity contribution in [2.24, 2.45) is 0 Å². The molecule has 1 saturated heterocycles. The summed E-state index contributed by atoms with van der Waals surface area (Å²) < 4.78 is 46.5. The molecule has 31 heavy (non-hydrogen) atoms. The summed E-state index contributed by atoms with van der Waals surface area (Å²) in [6.45, 7) is 3.12. The van der Waals surface area contributed by atoms with E-state index in [1.165, 1.54) is 28.8 Å². The lowest BCUT2D eigenvalue weighted by molar-refractivity contribution is 0.305. The van der Waals surface area contributed by atoms with E-state index in [-0.39, 0.29) is 21.8 Å². The van der Waals surface area contributed by atoms with Crippen LogP contribution in [0.3, 0.4) is 0 Å². The average Bonchev–Trinajstić information content (AvgIpc) is 2.77. The van der Waals surface area contributed by atoms with E-state index in [2.05, 4.69) is 9.97 Å². The maximum absolute atomic E-state index is 13.3. The van der Waals surface area contributed by atoms with Crippen molar-refractivity contribution in [1.29, 1.82) is 0 Å². The molecule has 0 amide bonds. The minimum absolute atomic E-state index is 0.0450. The van der Waals surface area contributed by atoms with Crippen molar-refractivity contribution in [1.82, 2.24) is 14.3 Å². The van der Waals surface area contributed by atoms with E-state index in [1.807, 2.05) is 11.8 Å². The lowest BCUT2D eigenvalue weighted by Crippen LogP contribution is -2.54. The number of sulfonamides is 1. The van der Waals surface area contributed by atoms with E-state index in [9.17, 15) is 12.8 Å². The van der Waals surface area contributed by atoms with Crippen LogP contribution >= 0.6 is 11.6 Å². The quantitative estimate of drug-likeness (QED) is 0.571. The zero-order valence-corrected chi connectivity index (χ0v) is 18.2. The average molecular weight is 463 g/mol. The molecule has 10 heteroatoms. The molecule has 1 aliphatic rings. The van der Waals surface area contributed by atoms with Gasteiger partial charge in [0, 0.05) is 37.8 Å². The zero-order valence-electron chi connectivity index (χ0n) is 16.6. The second-order valence-corrected chi connectivity index (χ2v) is 9.41. The molecule has 1 aliphatic heterocycles. The van der Waals surface area contributed by atoms with Gasteiger partial charge in [0.25, 0.3) is 0 Å². The van der Waals surface area contributed by atoms with E-state index in [0.717, 1.165) is 0 Å². The molecule has 0 saturated carbocycles. The first-order valence-electron chi connectivity index (χ1n) is 9.61. The Balaban J connectivity index is 1.48. The highest BCUT2D eigenvalue weighted by Gasteiger charge is 2.34. The summed E-state index contributed by atoms with van der Waals surface area (Å²) in [4.78, 5) is 10.7. The minimum atomic E-state index is -3.57. The van der Waals surface area contributed by atoms with Gasteiger partial charge in [-0.1, -0.05) is 29.8 Å². The third kappa shape index (κ3) is 4.63. The van der Waals surface area contributed by atoms with Gasteiger partial charge in [0.1, 0.15) is 23.7 Å². The van der Waals surface area contributed by atoms with Gasteiger partial charge in [-0.15, -0.1) is 0 Å². The standard InChI is InChI=1S/C21H20ClFN4O3S/c1-15-13-26(9-10-27(15)31(28,29)17-5-3-2-4-6-17)20-12-21(25-14-24-20)30-16-7-8-19(23)18(22)11-16/h2-8,11-12,14-15H,9-10,13H2,1H3/t15-/m0/s1. The molecule has 3 aromatic rings. The number of benzene rings is 2. The maximum atomic E-state index is 13.3. The summed E-state index contributed by atoms with van der Waals surface area (Å²) in [5.74, 6) is 0.708. The van der Waals surface area contributed by atoms with Gasteiger partial charge in [-0.25, -0.2) is 22.8 Å². The molecular formula is C21H20ClFN4O3S. The Kier molecular flexibility index (Phi) is 6.08. The topological polar surface area (TPSA) is 75.6 Å². The van der Waals surface area contributed by atoms with Gasteiger partial charge in [-0.05, 0) is 31.2 Å². The fourth-order valence-electron chi connectivity index (χ4n) is 3.45. The van der Waals surface area contributed by atoms with Crippen LogP contribution in [0.4, 0.5) is 10.2 Å². The molecule has 162 valence electrons. The molecular weight excluding hydrogens is 443 g/mol. The lowest BCUT2D eigenvalue weighted by atomic mass is 10.2. The highest BCUT2D eigenvalue weighted by molar-refractivity contribution is 7.89. The Morgan fingerprint density at radius 3 is 2.58 bits per heavy atom. The minimum Gasteiger partial charge on any atom is -0.439 e. The summed E-state index contributed by atoms with van der Waals surface area (Å²) in [7, 11) is -3.57. The molecule has 0 spiro atoms. The Morgan fingerprint density at radius 2 is 1.87 bits per heavy atom. The second-order valence-electron chi connectivity index (χ2n) is 7.12. The molecule has 1 atom stereocenters. The van der Waals surface area contributed by atoms with E-state index < -0.39 is 15.8 Å². The van der Waals surface area contributed by atoms with Crippen LogP contribution in [0.1, 0.15) is 6.92 Å². The van der Waals surface area contributed by atoms with Gasteiger partial charge >= 0.3 is 0 Å². The smallest absolute Gasteiger partial charge is 0.243 e. The molecule has 0 bridgehead atoms. The predicted octanol–water partition coefficient (Wildman–Crippen LogP) is 3.96. The van der Waals surface area contributed by atoms with E-state index in [1.54, 1.807) is 36.4 Å². The molecule has 0 radical (unpaired) electrons. The van der Waals surface area contributed by atoms with Gasteiger partial charge in [-0.3, -0.25) is 0 Å². The normalized spacial score (nSPS) is 17.5. The molecule has 0 N–H and O–H groups in total. The van der Waals surface area contributed by atoms with Gasteiger partial charge in [-0.2, -0.15) is 4.31 Å². The third-order valence-electron chi connectivity index (χ3n) is 4.98. The first-order valence-corrected chi connectivity index (χ1v) is 11.4. The lowest BCUT2D eigenvalue weighted by Gasteiger charge is -2.39. The van der Waals surface area contributed by atoms with Gasteiger partial charge in [0.2, 0.25) is 15.9 Å².